The van der Waals surface area contributed by atoms with Crippen molar-refractivity contribution in [2.75, 3.05) is 0 Å². The average molecular weight is 822 g/mol. The van der Waals surface area contributed by atoms with E-state index in [1.165, 1.54) is 33.0 Å². The Morgan fingerprint density at radius 1 is 0.673 bits per heavy atom. The third kappa shape index (κ3) is 5.24. The normalized spacial score (nSPS) is 12.4. The minimum absolute atomic E-state index is 0. The molecule has 4 nitrogen and oxygen atoms in total. The van der Waals surface area contributed by atoms with Gasteiger partial charge in [0.1, 0.15) is 11.3 Å². The summed E-state index contributed by atoms with van der Waals surface area (Å²) in [4.78, 5) is 10.2. The molecule has 8 rings (SSSR count). The Bertz CT molecular complexity index is 2540. The van der Waals surface area contributed by atoms with E-state index in [-0.39, 0.29) is 31.9 Å². The van der Waals surface area contributed by atoms with E-state index in [1.54, 1.807) is 0 Å². The van der Waals surface area contributed by atoms with Crippen LogP contribution >= 0.6 is 0 Å². The van der Waals surface area contributed by atoms with Crippen molar-refractivity contribution in [3.63, 3.8) is 0 Å². The summed E-state index contributed by atoms with van der Waals surface area (Å²) in [5.74, 6) is 0.306. The number of rotatable bonds is 3. The third-order valence-electron chi connectivity index (χ3n) is 9.91. The van der Waals surface area contributed by atoms with Crippen LogP contribution in [-0.2, 0) is 31.9 Å². The number of aromatic nitrogens is 3. The first-order chi connectivity index (χ1) is 22.8. The van der Waals surface area contributed by atoms with E-state index in [1.807, 2.05) is 12.3 Å². The zero-order valence-electron chi connectivity index (χ0n) is 29.3. The van der Waals surface area contributed by atoms with Crippen molar-refractivity contribution in [3.8, 4) is 39.3 Å². The Morgan fingerprint density at radius 2 is 1.31 bits per heavy atom. The van der Waals surface area contributed by atoms with Gasteiger partial charge in [-0.2, -0.15) is 0 Å². The summed E-state index contributed by atoms with van der Waals surface area (Å²) in [5, 5.41) is 16.5. The second-order valence-corrected chi connectivity index (χ2v) is 15.4. The van der Waals surface area contributed by atoms with E-state index in [0.29, 0.717) is 5.75 Å². The van der Waals surface area contributed by atoms with Gasteiger partial charge in [0.2, 0.25) is 0 Å². The molecule has 4 heterocycles. The molecule has 0 saturated heterocycles. The summed E-state index contributed by atoms with van der Waals surface area (Å²) in [6, 6.07) is 33.8. The van der Waals surface area contributed by atoms with Gasteiger partial charge in [-0.25, -0.2) is 4.98 Å². The Labute approximate surface area is 302 Å². The SMILES string of the molecule is Cc1cccc(C)c1-c1cc(-c2ccc3c4cccc5c6cccnc6n(c3n2)c54)[c-]c(-c2cc(C(C)(C)C)cc(C(C)(C)C)c2O)c1.[Pt]. The van der Waals surface area contributed by atoms with Gasteiger partial charge in [0.05, 0.1) is 11.3 Å². The van der Waals surface area contributed by atoms with Crippen LogP contribution in [0.25, 0.3) is 71.9 Å². The summed E-state index contributed by atoms with van der Waals surface area (Å²) >= 11 is 0. The number of phenols is 1. The molecule has 0 atom stereocenters. The largest absolute Gasteiger partial charge is 0.515 e. The fourth-order valence-electron chi connectivity index (χ4n) is 7.41. The molecule has 0 aliphatic carbocycles. The van der Waals surface area contributed by atoms with Gasteiger partial charge in [0.15, 0.2) is 0 Å². The van der Waals surface area contributed by atoms with Gasteiger partial charge in [0.25, 0.3) is 0 Å². The van der Waals surface area contributed by atoms with Crippen molar-refractivity contribution in [1.29, 1.82) is 0 Å². The van der Waals surface area contributed by atoms with Crippen LogP contribution in [0.2, 0.25) is 0 Å². The number of aromatic hydroxyl groups is 1. The average Bonchev–Trinajstić information content (AvgIpc) is 3.55. The summed E-state index contributed by atoms with van der Waals surface area (Å²) in [7, 11) is 0. The van der Waals surface area contributed by atoms with Crippen molar-refractivity contribution in [2.45, 2.75) is 66.2 Å². The molecule has 0 radical (unpaired) electrons. The Hall–Kier alpha value is -4.53. The Morgan fingerprint density at radius 3 is 1.98 bits per heavy atom. The summed E-state index contributed by atoms with van der Waals surface area (Å²) in [6.45, 7) is 17.5. The van der Waals surface area contributed by atoms with Crippen LogP contribution in [0.5, 0.6) is 5.75 Å². The minimum Gasteiger partial charge on any atom is -0.515 e. The van der Waals surface area contributed by atoms with Crippen LogP contribution < -0.4 is 0 Å². The maximum absolute atomic E-state index is 11.9. The van der Waals surface area contributed by atoms with Gasteiger partial charge < -0.3 is 5.11 Å². The van der Waals surface area contributed by atoms with E-state index in [9.17, 15) is 5.11 Å². The first-order valence-corrected chi connectivity index (χ1v) is 16.7. The molecule has 4 aromatic heterocycles. The topological polar surface area (TPSA) is 50.4 Å². The number of hydrogen-bond donors (Lipinski definition) is 1. The predicted molar refractivity (Wildman–Crippen MR) is 200 cm³/mol. The summed E-state index contributed by atoms with van der Waals surface area (Å²) in [6.07, 6.45) is 1.85. The maximum Gasteiger partial charge on any atom is 0.146 e. The number of pyridine rings is 2. The van der Waals surface area contributed by atoms with Gasteiger partial charge in [-0.15, -0.1) is 23.8 Å². The molecular formula is C44H40N3OPt-. The van der Waals surface area contributed by atoms with E-state index in [4.69, 9.17) is 9.97 Å². The molecule has 0 saturated carbocycles. The van der Waals surface area contributed by atoms with Crippen molar-refractivity contribution in [3.05, 3.63) is 119 Å². The number of benzene rings is 4. The Kier molecular flexibility index (Phi) is 7.76. The number of nitrogens with zero attached hydrogens (tertiary/aromatic N) is 3. The van der Waals surface area contributed by atoms with Crippen LogP contribution in [0.4, 0.5) is 0 Å². The monoisotopic (exact) mass is 821 g/mol. The standard InChI is InChI=1S/C44H40N3O.Pt/c1-25-12-9-13-26(2)38(25)29-21-27(35-23-30(43(3,4)5)24-36(40(35)48)44(6,7)8)20-28(22-29)37-18-17-34-32-15-10-14-31-33-16-11-19-45-41(33)47(39(31)32)42(34)46-37;/h9-19,21-24,48H,1-8H3;/q-1;. The number of aryl methyl sites for hydroxylation is 2. The maximum atomic E-state index is 11.9. The molecule has 0 aliphatic rings. The second kappa shape index (κ2) is 11.5. The first kappa shape index (κ1) is 33.0. The number of hydrogen-bond acceptors (Lipinski definition) is 3. The minimum atomic E-state index is -0.247. The van der Waals surface area contributed by atoms with Gasteiger partial charge in [0, 0.05) is 54.5 Å². The molecule has 0 aliphatic heterocycles. The van der Waals surface area contributed by atoms with E-state index < -0.39 is 0 Å². The molecule has 0 spiro atoms. The van der Waals surface area contributed by atoms with E-state index in [2.05, 4.69) is 145 Å². The van der Waals surface area contributed by atoms with Crippen LogP contribution in [0, 0.1) is 19.9 Å². The molecule has 49 heavy (non-hydrogen) atoms. The number of fused-ring (bicyclic) bond motifs is 6. The molecule has 0 unspecified atom stereocenters. The molecular weight excluding hydrogens is 782 g/mol. The van der Waals surface area contributed by atoms with Crippen LogP contribution in [0.3, 0.4) is 0 Å². The molecule has 248 valence electrons. The fourth-order valence-corrected chi connectivity index (χ4v) is 7.41. The zero-order valence-corrected chi connectivity index (χ0v) is 31.5. The van der Waals surface area contributed by atoms with Crippen molar-refractivity contribution in [1.82, 2.24) is 14.4 Å². The van der Waals surface area contributed by atoms with Gasteiger partial charge in [-0.05, 0) is 70.2 Å². The van der Waals surface area contributed by atoms with E-state index >= 15 is 0 Å². The van der Waals surface area contributed by atoms with Crippen LogP contribution in [-0.4, -0.2) is 19.5 Å². The Balaban J connectivity index is 0.00000378. The molecule has 5 heteroatoms. The predicted octanol–water partition coefficient (Wildman–Crippen LogP) is 11.3. The zero-order chi connectivity index (χ0) is 33.7. The summed E-state index contributed by atoms with van der Waals surface area (Å²) < 4.78 is 2.21. The van der Waals surface area contributed by atoms with Gasteiger partial charge >= 0.3 is 0 Å². The molecule has 0 bridgehead atoms. The van der Waals surface area contributed by atoms with Crippen LogP contribution in [0.1, 0.15) is 63.8 Å². The molecule has 0 fully saturated rings. The summed E-state index contributed by atoms with van der Waals surface area (Å²) in [5.41, 5.74) is 12.7. The van der Waals surface area contributed by atoms with E-state index in [0.717, 1.165) is 61.1 Å². The molecule has 1 N–H and O–H groups in total. The molecule has 0 amide bonds. The van der Waals surface area contributed by atoms with Crippen molar-refractivity contribution >= 4 is 38.4 Å². The number of phenolic OH excluding ortho intramolecular Hbond substituents is 1. The molecule has 4 aromatic carbocycles. The molecule has 8 aromatic rings. The third-order valence-corrected chi connectivity index (χ3v) is 9.91. The van der Waals surface area contributed by atoms with Gasteiger partial charge in [-0.1, -0.05) is 113 Å². The van der Waals surface area contributed by atoms with Crippen molar-refractivity contribution < 1.29 is 26.2 Å². The first-order valence-electron chi connectivity index (χ1n) is 16.7. The van der Waals surface area contributed by atoms with Crippen molar-refractivity contribution in [2.24, 2.45) is 0 Å². The quantitative estimate of drug-likeness (QED) is 0.181. The van der Waals surface area contributed by atoms with Crippen LogP contribution in [0.15, 0.2) is 91.1 Å². The van der Waals surface area contributed by atoms with Gasteiger partial charge in [-0.3, -0.25) is 9.38 Å². The fraction of sp³-hybridized carbons (Fsp3) is 0.227. The second-order valence-electron chi connectivity index (χ2n) is 15.4. The smallest absolute Gasteiger partial charge is 0.146 e. The number of para-hydroxylation sites is 1.